The van der Waals surface area contributed by atoms with Gasteiger partial charge in [0.15, 0.2) is 0 Å². The first-order chi connectivity index (χ1) is 4.42. The minimum Gasteiger partial charge on any atom is -0.355 e. The summed E-state index contributed by atoms with van der Waals surface area (Å²) in [6.07, 6.45) is 0. The zero-order valence-electron chi connectivity index (χ0n) is 5.20. The number of carbonyl (C=O) groups excluding carboxylic acids is 1. The first kappa shape index (κ1) is 9.38. The maximum absolute atomic E-state index is 10.0. The molecule has 0 bridgehead atoms. The summed E-state index contributed by atoms with van der Waals surface area (Å²) in [6.45, 7) is 2.82. The van der Waals surface area contributed by atoms with Crippen molar-refractivity contribution >= 4 is 16.0 Å². The molecule has 0 saturated carbocycles. The van der Waals surface area contributed by atoms with Crippen LogP contribution in [0.1, 0.15) is 0 Å². The number of amides is 1. The average Bonchev–Trinajstić information content (AvgIpc) is 1.59. The zero-order valence-corrected chi connectivity index (χ0v) is 6.02. The molecule has 0 fully saturated rings. The van der Waals surface area contributed by atoms with Crippen molar-refractivity contribution in [1.29, 1.82) is 0 Å². The van der Waals surface area contributed by atoms with Crippen molar-refractivity contribution in [3.63, 3.8) is 0 Å². The van der Waals surface area contributed by atoms with E-state index < -0.39 is 21.8 Å². The minimum atomic E-state index is -3.96. The molecule has 0 aromatic heterocycles. The van der Waals surface area contributed by atoms with Gasteiger partial charge in [0.25, 0.3) is 10.1 Å². The summed E-state index contributed by atoms with van der Waals surface area (Å²) in [7, 11) is -3.96. The molecule has 5 nitrogen and oxygen atoms in total. The second kappa shape index (κ2) is 3.52. The molecule has 0 aromatic carbocycles. The highest BCUT2D eigenvalue weighted by molar-refractivity contribution is 7.85. The molecule has 0 unspecified atom stereocenters. The fraction of sp³-hybridized carbons (Fsp3) is 0.500. The predicted molar refractivity (Wildman–Crippen MR) is 34.8 cm³/mol. The smallest absolute Gasteiger partial charge is 0.266 e. The third-order valence-electron chi connectivity index (χ3n) is 0.682. The monoisotopic (exact) mass is 166 g/mol. The number of rotatable bonds is 3. The van der Waals surface area contributed by atoms with Crippen LogP contribution in [0.3, 0.4) is 0 Å². The van der Waals surface area contributed by atoms with Gasteiger partial charge in [-0.1, -0.05) is 0 Å². The lowest BCUT2D eigenvalue weighted by Gasteiger charge is -1.97. The number of hydrogen-bond donors (Lipinski definition) is 2. The molecule has 59 valence electrons. The Morgan fingerprint density at radius 1 is 1.60 bits per heavy atom. The Balaban J connectivity index is 3.49. The van der Waals surface area contributed by atoms with Crippen molar-refractivity contribution in [2.45, 2.75) is 0 Å². The molecule has 0 aliphatic rings. The summed E-state index contributed by atoms with van der Waals surface area (Å²) in [5, 5.41) is 2.11. The van der Waals surface area contributed by atoms with E-state index in [1.54, 1.807) is 0 Å². The van der Waals surface area contributed by atoms with Crippen molar-refractivity contribution < 1.29 is 17.8 Å². The molecule has 1 radical (unpaired) electrons. The standard InChI is InChI=1S/C4H8NO4S/c1-4(6)5-2-3-10(7,8)9/h1-3H2,(H,5,6)(H,7,8,9). The van der Waals surface area contributed by atoms with Crippen LogP contribution in [0.2, 0.25) is 0 Å². The van der Waals surface area contributed by atoms with Gasteiger partial charge < -0.3 is 5.32 Å². The molecule has 0 spiro atoms. The Bertz CT molecular complexity index is 207. The van der Waals surface area contributed by atoms with Crippen molar-refractivity contribution in [3.05, 3.63) is 6.92 Å². The molecule has 0 aliphatic heterocycles. The van der Waals surface area contributed by atoms with Crippen molar-refractivity contribution in [2.24, 2.45) is 0 Å². The van der Waals surface area contributed by atoms with Crippen molar-refractivity contribution in [2.75, 3.05) is 12.3 Å². The van der Waals surface area contributed by atoms with Crippen LogP contribution in [0.25, 0.3) is 0 Å². The number of carbonyl (C=O) groups is 1. The van der Waals surface area contributed by atoms with Crippen molar-refractivity contribution in [1.82, 2.24) is 5.32 Å². The highest BCUT2D eigenvalue weighted by atomic mass is 32.2. The van der Waals surface area contributed by atoms with Gasteiger partial charge in [-0.2, -0.15) is 8.42 Å². The molecule has 10 heavy (non-hydrogen) atoms. The number of nitrogens with one attached hydrogen (secondary N) is 1. The topological polar surface area (TPSA) is 83.5 Å². The van der Waals surface area contributed by atoms with Crippen LogP contribution in [-0.2, 0) is 14.9 Å². The van der Waals surface area contributed by atoms with Gasteiger partial charge in [-0.05, 0) is 0 Å². The van der Waals surface area contributed by atoms with E-state index in [1.807, 2.05) is 0 Å². The third-order valence-corrected chi connectivity index (χ3v) is 1.40. The lowest BCUT2D eigenvalue weighted by atomic mass is 10.6. The molecule has 0 rings (SSSR count). The Morgan fingerprint density at radius 2 is 2.10 bits per heavy atom. The van der Waals surface area contributed by atoms with E-state index in [0.29, 0.717) is 0 Å². The minimum absolute atomic E-state index is 0.110. The molecule has 6 heteroatoms. The van der Waals surface area contributed by atoms with Crippen LogP contribution in [-0.4, -0.2) is 31.2 Å². The van der Waals surface area contributed by atoms with Gasteiger partial charge in [0.05, 0.1) is 5.75 Å². The Labute approximate surface area is 59.2 Å². The van der Waals surface area contributed by atoms with Crippen LogP contribution >= 0.6 is 0 Å². The zero-order chi connectivity index (χ0) is 8.20. The lowest BCUT2D eigenvalue weighted by molar-refractivity contribution is -0.116. The van der Waals surface area contributed by atoms with E-state index in [4.69, 9.17) is 4.55 Å². The fourth-order valence-electron chi connectivity index (χ4n) is 0.319. The maximum atomic E-state index is 10.0. The van der Waals surface area contributed by atoms with E-state index in [1.165, 1.54) is 0 Å². The van der Waals surface area contributed by atoms with Gasteiger partial charge in [0.2, 0.25) is 5.91 Å². The first-order valence-corrected chi connectivity index (χ1v) is 4.07. The van der Waals surface area contributed by atoms with Crippen LogP contribution in [0.15, 0.2) is 0 Å². The molecule has 0 aromatic rings. The summed E-state index contributed by atoms with van der Waals surface area (Å²) >= 11 is 0. The second-order valence-electron chi connectivity index (χ2n) is 1.64. The summed E-state index contributed by atoms with van der Waals surface area (Å²) < 4.78 is 28.1. The molecule has 0 aliphatic carbocycles. The Kier molecular flexibility index (Phi) is 3.31. The van der Waals surface area contributed by atoms with E-state index >= 15 is 0 Å². The van der Waals surface area contributed by atoms with E-state index in [0.717, 1.165) is 0 Å². The van der Waals surface area contributed by atoms with Gasteiger partial charge in [-0.3, -0.25) is 9.35 Å². The first-order valence-electron chi connectivity index (χ1n) is 2.47. The highest BCUT2D eigenvalue weighted by Crippen LogP contribution is 1.77. The van der Waals surface area contributed by atoms with E-state index in [2.05, 4.69) is 12.2 Å². The predicted octanol–water partition coefficient (Wildman–Crippen LogP) is -1.18. The molecular weight excluding hydrogens is 158 g/mol. The van der Waals surface area contributed by atoms with Gasteiger partial charge in [0, 0.05) is 13.5 Å². The largest absolute Gasteiger partial charge is 0.355 e. The van der Waals surface area contributed by atoms with Crippen LogP contribution in [0.5, 0.6) is 0 Å². The summed E-state index contributed by atoms with van der Waals surface area (Å²) in [4.78, 5) is 10.0. The normalized spacial score (nSPS) is 11.0. The van der Waals surface area contributed by atoms with Gasteiger partial charge >= 0.3 is 0 Å². The van der Waals surface area contributed by atoms with E-state index in [9.17, 15) is 13.2 Å². The quantitative estimate of drug-likeness (QED) is 0.517. The molecule has 0 atom stereocenters. The molecule has 1 amide bonds. The maximum Gasteiger partial charge on any atom is 0.266 e. The summed E-state index contributed by atoms with van der Waals surface area (Å²) in [5.41, 5.74) is 0. The Hall–Kier alpha value is -0.620. The summed E-state index contributed by atoms with van der Waals surface area (Å²) in [5.74, 6) is -1.04. The molecular formula is C4H8NO4S. The van der Waals surface area contributed by atoms with E-state index in [-0.39, 0.29) is 6.54 Å². The Morgan fingerprint density at radius 3 is 2.40 bits per heavy atom. The fourth-order valence-corrected chi connectivity index (χ4v) is 0.679. The SMILES string of the molecule is [CH2]C(=O)NCCS(=O)(=O)O. The lowest BCUT2D eigenvalue weighted by Crippen LogP contribution is -2.26. The van der Waals surface area contributed by atoms with Gasteiger partial charge in [-0.15, -0.1) is 0 Å². The summed E-state index contributed by atoms with van der Waals surface area (Å²) in [6, 6.07) is 0. The van der Waals surface area contributed by atoms with Crippen LogP contribution in [0, 0.1) is 6.92 Å². The van der Waals surface area contributed by atoms with Gasteiger partial charge in [-0.25, -0.2) is 0 Å². The second-order valence-corrected chi connectivity index (χ2v) is 3.21. The number of hydrogen-bond acceptors (Lipinski definition) is 3. The molecule has 0 heterocycles. The highest BCUT2D eigenvalue weighted by Gasteiger charge is 2.02. The molecule has 0 saturated heterocycles. The van der Waals surface area contributed by atoms with Crippen molar-refractivity contribution in [3.8, 4) is 0 Å². The third kappa shape index (κ3) is 7.38. The molecule has 2 N–H and O–H groups in total. The van der Waals surface area contributed by atoms with Gasteiger partial charge in [0.1, 0.15) is 0 Å². The average molecular weight is 166 g/mol. The van der Waals surface area contributed by atoms with Crippen LogP contribution in [0.4, 0.5) is 0 Å². The van der Waals surface area contributed by atoms with Crippen LogP contribution < -0.4 is 5.32 Å².